The van der Waals surface area contributed by atoms with Crippen LogP contribution in [0.3, 0.4) is 0 Å². The van der Waals surface area contributed by atoms with Gasteiger partial charge in [0.1, 0.15) is 0 Å². The average molecular weight is 524 g/mol. The maximum Gasteiger partial charge on any atom is 0.194 e. The van der Waals surface area contributed by atoms with Gasteiger partial charge in [0, 0.05) is 26.2 Å². The summed E-state index contributed by atoms with van der Waals surface area (Å²) >= 11 is 0. The van der Waals surface area contributed by atoms with Crippen molar-refractivity contribution in [2.75, 3.05) is 53.5 Å². The molecule has 0 aliphatic carbocycles. The summed E-state index contributed by atoms with van der Waals surface area (Å²) in [7, 11) is 3.34. The summed E-state index contributed by atoms with van der Waals surface area (Å²) in [4.78, 5) is 9.66. The van der Waals surface area contributed by atoms with Gasteiger partial charge in [0.05, 0.1) is 20.8 Å². The normalized spacial score (nSPS) is 16.9. The molecular formula is C23H33IN4O2. The van der Waals surface area contributed by atoms with Gasteiger partial charge in [0.2, 0.25) is 0 Å². The summed E-state index contributed by atoms with van der Waals surface area (Å²) in [6, 6.07) is 10.6. The average Bonchev–Trinajstić information content (AvgIpc) is 3.23. The highest BCUT2D eigenvalue weighted by atomic mass is 127. The van der Waals surface area contributed by atoms with Gasteiger partial charge in [0.15, 0.2) is 17.5 Å². The molecule has 4 rings (SSSR count). The van der Waals surface area contributed by atoms with E-state index in [1.54, 1.807) is 14.2 Å². The summed E-state index contributed by atoms with van der Waals surface area (Å²) in [5.41, 5.74) is 1.23. The number of benzene rings is 2. The fraction of sp³-hybridized carbons (Fsp3) is 0.522. The fourth-order valence-corrected chi connectivity index (χ4v) is 4.23. The SMILES string of the molecule is COc1cc2ccc(CNC3=NCCN3CCN3CCCCC3)cc2cc1OC.I. The molecule has 164 valence electrons. The largest absolute Gasteiger partial charge is 0.493 e. The van der Waals surface area contributed by atoms with Gasteiger partial charge in [-0.15, -0.1) is 24.0 Å². The van der Waals surface area contributed by atoms with Crippen LogP contribution >= 0.6 is 24.0 Å². The van der Waals surface area contributed by atoms with Crippen LogP contribution in [0.15, 0.2) is 35.3 Å². The number of methoxy groups -OCH3 is 2. The molecule has 2 aliphatic rings. The monoisotopic (exact) mass is 524 g/mol. The number of nitrogens with zero attached hydrogens (tertiary/aromatic N) is 3. The predicted molar refractivity (Wildman–Crippen MR) is 133 cm³/mol. The highest BCUT2D eigenvalue weighted by Gasteiger charge is 2.18. The third-order valence-electron chi connectivity index (χ3n) is 5.92. The molecule has 0 bridgehead atoms. The molecular weight excluding hydrogens is 491 g/mol. The van der Waals surface area contributed by atoms with Gasteiger partial charge in [-0.05, 0) is 60.5 Å². The van der Waals surface area contributed by atoms with E-state index in [-0.39, 0.29) is 24.0 Å². The topological polar surface area (TPSA) is 49.3 Å². The van der Waals surface area contributed by atoms with Crippen LogP contribution in [0.5, 0.6) is 11.5 Å². The van der Waals surface area contributed by atoms with E-state index >= 15 is 0 Å². The van der Waals surface area contributed by atoms with Crippen LogP contribution in [0.2, 0.25) is 0 Å². The van der Waals surface area contributed by atoms with Gasteiger partial charge in [-0.3, -0.25) is 4.99 Å². The van der Waals surface area contributed by atoms with E-state index in [0.29, 0.717) is 0 Å². The fourth-order valence-electron chi connectivity index (χ4n) is 4.23. The Kier molecular flexibility index (Phi) is 8.44. The number of halogens is 1. The van der Waals surface area contributed by atoms with Crippen molar-refractivity contribution in [2.24, 2.45) is 4.99 Å². The first-order chi connectivity index (χ1) is 14.3. The molecule has 0 saturated carbocycles. The van der Waals surface area contributed by atoms with Gasteiger partial charge in [-0.25, -0.2) is 0 Å². The molecule has 7 heteroatoms. The summed E-state index contributed by atoms with van der Waals surface area (Å²) in [6.07, 6.45) is 4.08. The molecule has 2 aromatic rings. The Bertz CT molecular complexity index is 868. The molecule has 2 heterocycles. The first-order valence-corrected chi connectivity index (χ1v) is 10.7. The van der Waals surface area contributed by atoms with E-state index in [0.717, 1.165) is 61.0 Å². The lowest BCUT2D eigenvalue weighted by Gasteiger charge is -2.29. The van der Waals surface area contributed by atoms with Crippen molar-refractivity contribution < 1.29 is 9.47 Å². The second-order valence-corrected chi connectivity index (χ2v) is 7.84. The lowest BCUT2D eigenvalue weighted by Crippen LogP contribution is -2.43. The standard InChI is InChI=1S/C23H32N4O2.HI/c1-28-21-15-19-7-6-18(14-20(19)16-22(21)29-2)17-25-23-24-8-11-27(23)13-12-26-9-4-3-5-10-26;/h6-7,14-16H,3-5,8-13,17H2,1-2H3,(H,24,25);1H. The summed E-state index contributed by atoms with van der Waals surface area (Å²) in [5.74, 6) is 2.55. The van der Waals surface area contributed by atoms with Crippen LogP contribution in [0.1, 0.15) is 24.8 Å². The number of hydrogen-bond donors (Lipinski definition) is 1. The van der Waals surface area contributed by atoms with Crippen molar-refractivity contribution in [3.63, 3.8) is 0 Å². The zero-order chi connectivity index (χ0) is 20.1. The molecule has 0 spiro atoms. The van der Waals surface area contributed by atoms with E-state index in [1.807, 2.05) is 12.1 Å². The molecule has 1 fully saturated rings. The molecule has 0 aromatic heterocycles. The Morgan fingerprint density at radius 1 is 0.900 bits per heavy atom. The van der Waals surface area contributed by atoms with Crippen LogP contribution in [0.4, 0.5) is 0 Å². The number of guanidine groups is 1. The van der Waals surface area contributed by atoms with Crippen molar-refractivity contribution in [1.29, 1.82) is 0 Å². The number of likely N-dealkylation sites (tertiary alicyclic amines) is 1. The lowest BCUT2D eigenvalue weighted by molar-refractivity contribution is 0.212. The minimum atomic E-state index is 0. The van der Waals surface area contributed by atoms with Crippen molar-refractivity contribution in [3.8, 4) is 11.5 Å². The Hall–Kier alpha value is -1.74. The highest BCUT2D eigenvalue weighted by Crippen LogP contribution is 2.32. The number of ether oxygens (including phenoxy) is 2. The molecule has 30 heavy (non-hydrogen) atoms. The van der Waals surface area contributed by atoms with Crippen molar-refractivity contribution in [2.45, 2.75) is 25.8 Å². The van der Waals surface area contributed by atoms with Crippen LogP contribution < -0.4 is 14.8 Å². The summed E-state index contributed by atoms with van der Waals surface area (Å²) in [5, 5.41) is 5.85. The Balaban J connectivity index is 0.00000256. The zero-order valence-corrected chi connectivity index (χ0v) is 20.4. The zero-order valence-electron chi connectivity index (χ0n) is 18.0. The number of aliphatic imine (C=N–C) groups is 1. The highest BCUT2D eigenvalue weighted by molar-refractivity contribution is 14.0. The number of fused-ring (bicyclic) bond motifs is 1. The van der Waals surface area contributed by atoms with Crippen LogP contribution in [-0.2, 0) is 6.54 Å². The third-order valence-corrected chi connectivity index (χ3v) is 5.92. The lowest BCUT2D eigenvalue weighted by atomic mass is 10.1. The van der Waals surface area contributed by atoms with Crippen LogP contribution in [0, 0.1) is 0 Å². The molecule has 1 saturated heterocycles. The van der Waals surface area contributed by atoms with E-state index in [1.165, 1.54) is 37.9 Å². The Morgan fingerprint density at radius 3 is 2.37 bits per heavy atom. The number of rotatable bonds is 7. The van der Waals surface area contributed by atoms with E-state index < -0.39 is 0 Å². The molecule has 6 nitrogen and oxygen atoms in total. The van der Waals surface area contributed by atoms with Crippen LogP contribution in [0.25, 0.3) is 10.8 Å². The summed E-state index contributed by atoms with van der Waals surface area (Å²) < 4.78 is 10.9. The molecule has 0 atom stereocenters. The van der Waals surface area contributed by atoms with Crippen molar-refractivity contribution >= 4 is 40.7 Å². The quantitative estimate of drug-likeness (QED) is 0.560. The van der Waals surface area contributed by atoms with Gasteiger partial charge < -0.3 is 24.6 Å². The molecule has 2 aliphatic heterocycles. The molecule has 1 N–H and O–H groups in total. The molecule has 0 amide bonds. The molecule has 0 radical (unpaired) electrons. The van der Waals surface area contributed by atoms with Gasteiger partial charge in [-0.2, -0.15) is 0 Å². The minimum Gasteiger partial charge on any atom is -0.493 e. The minimum absolute atomic E-state index is 0. The molecule has 0 unspecified atom stereocenters. The first kappa shape index (κ1) is 22.9. The van der Waals surface area contributed by atoms with E-state index in [2.05, 4.69) is 38.3 Å². The van der Waals surface area contributed by atoms with Gasteiger partial charge in [0.25, 0.3) is 0 Å². The maximum absolute atomic E-state index is 5.45. The molecule has 2 aromatic carbocycles. The van der Waals surface area contributed by atoms with Crippen molar-refractivity contribution in [1.82, 2.24) is 15.1 Å². The van der Waals surface area contributed by atoms with Gasteiger partial charge in [-0.1, -0.05) is 18.6 Å². The van der Waals surface area contributed by atoms with Crippen molar-refractivity contribution in [3.05, 3.63) is 35.9 Å². The van der Waals surface area contributed by atoms with E-state index in [4.69, 9.17) is 9.47 Å². The maximum atomic E-state index is 5.45. The smallest absolute Gasteiger partial charge is 0.194 e. The summed E-state index contributed by atoms with van der Waals surface area (Å²) in [6.45, 7) is 7.36. The van der Waals surface area contributed by atoms with Gasteiger partial charge >= 0.3 is 0 Å². The second-order valence-electron chi connectivity index (χ2n) is 7.84. The Morgan fingerprint density at radius 2 is 1.63 bits per heavy atom. The predicted octanol–water partition coefficient (Wildman–Crippen LogP) is 3.72. The first-order valence-electron chi connectivity index (χ1n) is 10.7. The number of nitrogens with one attached hydrogen (secondary N) is 1. The number of piperidine rings is 1. The number of hydrogen-bond acceptors (Lipinski definition) is 6. The second kappa shape index (κ2) is 11.0. The Labute approximate surface area is 196 Å². The van der Waals surface area contributed by atoms with E-state index in [9.17, 15) is 0 Å². The third kappa shape index (κ3) is 5.49. The van der Waals surface area contributed by atoms with Crippen LogP contribution in [-0.4, -0.2) is 69.2 Å².